The van der Waals surface area contributed by atoms with Crippen molar-refractivity contribution in [3.8, 4) is 0 Å². The van der Waals surface area contributed by atoms with Gasteiger partial charge in [-0.2, -0.15) is 0 Å². The second-order valence-corrected chi connectivity index (χ2v) is 11.5. The smallest absolute Gasteiger partial charge is 0.244 e. The first-order valence-corrected chi connectivity index (χ1v) is 14.5. The van der Waals surface area contributed by atoms with E-state index in [1.54, 1.807) is 43.3 Å². The van der Waals surface area contributed by atoms with Crippen LogP contribution in [-0.4, -0.2) is 50.5 Å². The zero-order chi connectivity index (χ0) is 28.7. The first kappa shape index (κ1) is 30.3. The highest BCUT2D eigenvalue weighted by molar-refractivity contribution is 7.92. The van der Waals surface area contributed by atoms with Crippen molar-refractivity contribution in [3.63, 3.8) is 0 Å². The molecule has 3 aromatic rings. The molecular weight excluding hydrogens is 571 g/mol. The standard InChI is InChI=1S/C27H27Cl2F2N3O4S/c1-3-32-27(36)25(13-18-7-5-4-6-8-18)33(16-19-9-10-20(28)14-22(19)29)26(35)17-34(39(2,37)38)21-11-12-23(30)24(31)15-21/h4-12,14-15,25H,3,13,16-17H2,1-2H3,(H,32,36)/t25-/m1/s1. The van der Waals surface area contributed by atoms with E-state index >= 15 is 0 Å². The summed E-state index contributed by atoms with van der Waals surface area (Å²) in [6, 6.07) is 15.1. The maximum atomic E-state index is 14.0. The summed E-state index contributed by atoms with van der Waals surface area (Å²) in [5, 5.41) is 3.34. The Morgan fingerprint density at radius 3 is 2.26 bits per heavy atom. The third-order valence-electron chi connectivity index (χ3n) is 5.85. The quantitative estimate of drug-likeness (QED) is 0.343. The summed E-state index contributed by atoms with van der Waals surface area (Å²) in [6.07, 6.45) is 0.959. The number of rotatable bonds is 11. The maximum absolute atomic E-state index is 14.0. The number of hydrogen-bond acceptors (Lipinski definition) is 4. The molecule has 7 nitrogen and oxygen atoms in total. The summed E-state index contributed by atoms with van der Waals surface area (Å²) in [6.45, 7) is 1.09. The summed E-state index contributed by atoms with van der Waals surface area (Å²) in [5.41, 5.74) is 0.983. The number of benzene rings is 3. The molecule has 1 N–H and O–H groups in total. The van der Waals surface area contributed by atoms with Crippen LogP contribution in [0.25, 0.3) is 0 Å². The lowest BCUT2D eigenvalue weighted by Gasteiger charge is -2.33. The maximum Gasteiger partial charge on any atom is 0.244 e. The Hall–Kier alpha value is -3.21. The van der Waals surface area contributed by atoms with E-state index in [1.807, 2.05) is 6.07 Å². The van der Waals surface area contributed by atoms with Gasteiger partial charge >= 0.3 is 0 Å². The number of halogens is 4. The minimum atomic E-state index is -4.13. The van der Waals surface area contributed by atoms with Gasteiger partial charge in [-0.05, 0) is 42.3 Å². The topological polar surface area (TPSA) is 86.8 Å². The van der Waals surface area contributed by atoms with E-state index in [0.29, 0.717) is 21.0 Å². The van der Waals surface area contributed by atoms with Crippen LogP contribution >= 0.6 is 23.2 Å². The molecule has 0 unspecified atom stereocenters. The third-order valence-corrected chi connectivity index (χ3v) is 7.58. The van der Waals surface area contributed by atoms with Crippen molar-refractivity contribution in [2.24, 2.45) is 0 Å². The molecule has 2 amide bonds. The van der Waals surface area contributed by atoms with Crippen LogP contribution in [0, 0.1) is 11.6 Å². The van der Waals surface area contributed by atoms with E-state index in [-0.39, 0.29) is 30.2 Å². The Kier molecular flexibility index (Phi) is 10.3. The number of carbonyl (C=O) groups is 2. The molecule has 0 aliphatic heterocycles. The molecule has 0 spiro atoms. The van der Waals surface area contributed by atoms with Crippen LogP contribution in [0.3, 0.4) is 0 Å². The van der Waals surface area contributed by atoms with Crippen molar-refractivity contribution in [2.45, 2.75) is 25.9 Å². The molecule has 0 aliphatic rings. The minimum Gasteiger partial charge on any atom is -0.355 e. The molecule has 0 aliphatic carbocycles. The fourth-order valence-electron chi connectivity index (χ4n) is 3.93. The van der Waals surface area contributed by atoms with E-state index in [9.17, 15) is 26.8 Å². The number of carbonyl (C=O) groups excluding carboxylic acids is 2. The van der Waals surface area contributed by atoms with E-state index in [4.69, 9.17) is 23.2 Å². The van der Waals surface area contributed by atoms with Gasteiger partial charge in [-0.15, -0.1) is 0 Å². The van der Waals surface area contributed by atoms with Crippen molar-refractivity contribution in [1.82, 2.24) is 10.2 Å². The largest absolute Gasteiger partial charge is 0.355 e. The van der Waals surface area contributed by atoms with Crippen LogP contribution in [0.5, 0.6) is 0 Å². The molecule has 0 radical (unpaired) electrons. The number of nitrogens with one attached hydrogen (secondary N) is 1. The number of hydrogen-bond donors (Lipinski definition) is 1. The van der Waals surface area contributed by atoms with Crippen molar-refractivity contribution in [1.29, 1.82) is 0 Å². The van der Waals surface area contributed by atoms with Crippen LogP contribution in [-0.2, 0) is 32.6 Å². The molecule has 0 bridgehead atoms. The van der Waals surface area contributed by atoms with Crippen molar-refractivity contribution < 1.29 is 26.8 Å². The fourth-order valence-corrected chi connectivity index (χ4v) is 5.24. The van der Waals surface area contributed by atoms with Crippen LogP contribution in [0.4, 0.5) is 14.5 Å². The second-order valence-electron chi connectivity index (χ2n) is 8.73. The number of nitrogens with zero attached hydrogens (tertiary/aromatic N) is 2. The van der Waals surface area contributed by atoms with E-state index in [0.717, 1.165) is 24.0 Å². The molecule has 0 saturated heterocycles. The molecule has 3 aromatic carbocycles. The lowest BCUT2D eigenvalue weighted by molar-refractivity contribution is -0.140. The van der Waals surface area contributed by atoms with Crippen molar-refractivity contribution in [3.05, 3.63) is 99.5 Å². The van der Waals surface area contributed by atoms with Gasteiger partial charge in [-0.3, -0.25) is 13.9 Å². The predicted octanol–water partition coefficient (Wildman–Crippen LogP) is 4.81. The number of likely N-dealkylation sites (N-methyl/N-ethyl adjacent to an activating group) is 1. The van der Waals surface area contributed by atoms with Gasteiger partial charge in [0.1, 0.15) is 12.6 Å². The molecule has 3 rings (SSSR count). The summed E-state index contributed by atoms with van der Waals surface area (Å²) < 4.78 is 53.5. The average Bonchev–Trinajstić information content (AvgIpc) is 2.87. The Morgan fingerprint density at radius 1 is 0.974 bits per heavy atom. The molecule has 0 saturated carbocycles. The molecule has 208 valence electrons. The van der Waals surface area contributed by atoms with E-state index in [2.05, 4.69) is 5.32 Å². The lowest BCUT2D eigenvalue weighted by Crippen LogP contribution is -2.53. The highest BCUT2D eigenvalue weighted by atomic mass is 35.5. The van der Waals surface area contributed by atoms with Crippen molar-refractivity contribution in [2.75, 3.05) is 23.7 Å². The summed E-state index contributed by atoms with van der Waals surface area (Å²) in [7, 11) is -4.13. The molecule has 0 fully saturated rings. The molecular formula is C27H27Cl2F2N3O4S. The molecule has 0 aromatic heterocycles. The van der Waals surface area contributed by atoms with Gasteiger partial charge in [-0.1, -0.05) is 59.6 Å². The average molecular weight is 598 g/mol. The van der Waals surface area contributed by atoms with Gasteiger partial charge in [0, 0.05) is 35.6 Å². The minimum absolute atomic E-state index is 0.119. The van der Waals surface area contributed by atoms with Gasteiger partial charge in [0.15, 0.2) is 11.6 Å². The zero-order valence-corrected chi connectivity index (χ0v) is 23.5. The highest BCUT2D eigenvalue weighted by Gasteiger charge is 2.33. The summed E-state index contributed by atoms with van der Waals surface area (Å²) in [5.74, 6) is -3.67. The molecule has 39 heavy (non-hydrogen) atoms. The van der Waals surface area contributed by atoms with E-state index < -0.39 is 46.1 Å². The molecule has 1 atom stereocenters. The number of anilines is 1. The number of sulfonamides is 1. The fraction of sp³-hybridized carbons (Fsp3) is 0.259. The second kappa shape index (κ2) is 13.2. The Morgan fingerprint density at radius 2 is 1.67 bits per heavy atom. The highest BCUT2D eigenvalue weighted by Crippen LogP contribution is 2.26. The predicted molar refractivity (Wildman–Crippen MR) is 148 cm³/mol. The molecule has 0 heterocycles. The van der Waals surface area contributed by atoms with Gasteiger partial charge in [-0.25, -0.2) is 17.2 Å². The Bertz CT molecular complexity index is 1440. The van der Waals surface area contributed by atoms with Crippen LogP contribution < -0.4 is 9.62 Å². The van der Waals surface area contributed by atoms with Crippen molar-refractivity contribution >= 4 is 50.7 Å². The summed E-state index contributed by atoms with van der Waals surface area (Å²) in [4.78, 5) is 28.4. The van der Waals surface area contributed by atoms with Crippen LogP contribution in [0.1, 0.15) is 18.1 Å². The Labute approximate surface area is 236 Å². The monoisotopic (exact) mass is 597 g/mol. The Balaban J connectivity index is 2.07. The van der Waals surface area contributed by atoms with Crippen LogP contribution in [0.2, 0.25) is 10.0 Å². The third kappa shape index (κ3) is 8.14. The first-order valence-electron chi connectivity index (χ1n) is 11.9. The number of amides is 2. The normalized spacial score (nSPS) is 12.1. The van der Waals surface area contributed by atoms with Gasteiger partial charge in [0.25, 0.3) is 0 Å². The van der Waals surface area contributed by atoms with Crippen LogP contribution in [0.15, 0.2) is 66.7 Å². The van der Waals surface area contributed by atoms with E-state index in [1.165, 1.54) is 11.0 Å². The SMILES string of the molecule is CCNC(=O)[C@@H](Cc1ccccc1)N(Cc1ccc(Cl)cc1Cl)C(=O)CN(c1ccc(F)c(F)c1)S(C)(=O)=O. The first-order chi connectivity index (χ1) is 18.4. The summed E-state index contributed by atoms with van der Waals surface area (Å²) >= 11 is 12.4. The van der Waals surface area contributed by atoms with Gasteiger partial charge < -0.3 is 10.2 Å². The zero-order valence-electron chi connectivity index (χ0n) is 21.2. The van der Waals surface area contributed by atoms with Gasteiger partial charge in [0.2, 0.25) is 21.8 Å². The lowest BCUT2D eigenvalue weighted by atomic mass is 10.0. The van der Waals surface area contributed by atoms with Gasteiger partial charge in [0.05, 0.1) is 11.9 Å². The molecule has 12 heteroatoms.